The third-order valence-corrected chi connectivity index (χ3v) is 2.93. The minimum atomic E-state index is 0.272. The van der Waals surface area contributed by atoms with E-state index in [1.807, 2.05) is 29.2 Å². The largest absolute Gasteiger partial charge is 0.497 e. The molecule has 16 heavy (non-hydrogen) atoms. The maximum absolute atomic E-state index is 11.6. The molecule has 1 saturated heterocycles. The van der Waals surface area contributed by atoms with Gasteiger partial charge in [0, 0.05) is 19.5 Å². The molecule has 2 rings (SSSR count). The van der Waals surface area contributed by atoms with Crippen molar-refractivity contribution >= 4 is 5.91 Å². The Morgan fingerprint density at radius 2 is 2.25 bits per heavy atom. The maximum Gasteiger partial charge on any atom is 0.222 e. The van der Waals surface area contributed by atoms with Gasteiger partial charge >= 0.3 is 0 Å². The summed E-state index contributed by atoms with van der Waals surface area (Å²) < 4.78 is 5.17. The number of benzene rings is 1. The number of nitrogens with zero attached hydrogens (tertiary/aromatic N) is 1. The van der Waals surface area contributed by atoms with E-state index in [9.17, 15) is 4.79 Å². The van der Waals surface area contributed by atoms with Crippen LogP contribution in [0.15, 0.2) is 24.3 Å². The summed E-state index contributed by atoms with van der Waals surface area (Å²) in [6.07, 6.45) is 2.85. The van der Waals surface area contributed by atoms with Crippen LogP contribution in [0.2, 0.25) is 0 Å². The summed E-state index contributed by atoms with van der Waals surface area (Å²) in [6, 6.07) is 7.90. The molecule has 1 fully saturated rings. The molecule has 1 amide bonds. The average Bonchev–Trinajstić information content (AvgIpc) is 2.32. The lowest BCUT2D eigenvalue weighted by molar-refractivity contribution is -0.133. The zero-order valence-electron chi connectivity index (χ0n) is 9.61. The van der Waals surface area contributed by atoms with E-state index >= 15 is 0 Å². The van der Waals surface area contributed by atoms with E-state index in [2.05, 4.69) is 0 Å². The third kappa shape index (κ3) is 2.54. The second kappa shape index (κ2) is 5.01. The summed E-state index contributed by atoms with van der Waals surface area (Å²) in [4.78, 5) is 13.6. The smallest absolute Gasteiger partial charge is 0.222 e. The monoisotopic (exact) mass is 219 g/mol. The van der Waals surface area contributed by atoms with Crippen molar-refractivity contribution in [3.63, 3.8) is 0 Å². The maximum atomic E-state index is 11.6. The molecular weight excluding hydrogens is 202 g/mol. The van der Waals surface area contributed by atoms with Crippen molar-refractivity contribution in [3.8, 4) is 5.75 Å². The highest BCUT2D eigenvalue weighted by molar-refractivity contribution is 5.76. The number of likely N-dealkylation sites (tertiary alicyclic amines) is 1. The van der Waals surface area contributed by atoms with Crippen LogP contribution in [0, 0.1) is 0 Å². The topological polar surface area (TPSA) is 29.5 Å². The molecule has 0 N–H and O–H groups in total. The highest BCUT2D eigenvalue weighted by Crippen LogP contribution is 2.17. The third-order valence-electron chi connectivity index (χ3n) is 2.93. The minimum absolute atomic E-state index is 0.272. The Kier molecular flexibility index (Phi) is 3.44. The van der Waals surface area contributed by atoms with Gasteiger partial charge in [-0.1, -0.05) is 12.1 Å². The van der Waals surface area contributed by atoms with Gasteiger partial charge in [-0.15, -0.1) is 0 Å². The standard InChI is InChI=1S/C13H17NO2/c1-16-12-6-4-5-11(9-12)10-14-8-3-2-7-13(14)15/h4-6,9H,2-3,7-8,10H2,1H3. The molecule has 3 heteroatoms. The Balaban J connectivity index is 2.04. The van der Waals surface area contributed by atoms with Gasteiger partial charge < -0.3 is 9.64 Å². The molecule has 1 aliphatic rings. The summed E-state index contributed by atoms with van der Waals surface area (Å²) in [5, 5.41) is 0. The van der Waals surface area contributed by atoms with Crippen molar-refractivity contribution in [2.24, 2.45) is 0 Å². The molecule has 0 bridgehead atoms. The van der Waals surface area contributed by atoms with Gasteiger partial charge in [-0.05, 0) is 30.5 Å². The number of rotatable bonds is 3. The second-order valence-corrected chi connectivity index (χ2v) is 4.12. The molecule has 0 saturated carbocycles. The van der Waals surface area contributed by atoms with Gasteiger partial charge in [-0.3, -0.25) is 4.79 Å². The first-order valence-electron chi connectivity index (χ1n) is 5.70. The van der Waals surface area contributed by atoms with E-state index in [4.69, 9.17) is 4.74 Å². The number of amides is 1. The van der Waals surface area contributed by atoms with E-state index in [1.165, 1.54) is 0 Å². The molecule has 3 nitrogen and oxygen atoms in total. The Hall–Kier alpha value is -1.51. The fourth-order valence-electron chi connectivity index (χ4n) is 2.02. The summed E-state index contributed by atoms with van der Waals surface area (Å²) in [6.45, 7) is 1.59. The first-order chi connectivity index (χ1) is 7.79. The van der Waals surface area contributed by atoms with Gasteiger partial charge in [0.15, 0.2) is 0 Å². The zero-order chi connectivity index (χ0) is 11.4. The van der Waals surface area contributed by atoms with E-state index in [-0.39, 0.29) is 5.91 Å². The van der Waals surface area contributed by atoms with Crippen molar-refractivity contribution in [2.75, 3.05) is 13.7 Å². The fraction of sp³-hybridized carbons (Fsp3) is 0.462. The van der Waals surface area contributed by atoms with E-state index in [0.717, 1.165) is 30.7 Å². The molecule has 0 aromatic heterocycles. The lowest BCUT2D eigenvalue weighted by atomic mass is 10.1. The number of carbonyl (C=O) groups excluding carboxylic acids is 1. The minimum Gasteiger partial charge on any atom is -0.497 e. The molecule has 1 aromatic rings. The van der Waals surface area contributed by atoms with Crippen molar-refractivity contribution in [3.05, 3.63) is 29.8 Å². The van der Waals surface area contributed by atoms with Crippen LogP contribution in [0.25, 0.3) is 0 Å². The van der Waals surface area contributed by atoms with Gasteiger partial charge in [0.2, 0.25) is 5.91 Å². The first kappa shape index (κ1) is 11.0. The van der Waals surface area contributed by atoms with Crippen LogP contribution in [0.1, 0.15) is 24.8 Å². The highest BCUT2D eigenvalue weighted by atomic mass is 16.5. The molecule has 1 aromatic carbocycles. The summed E-state index contributed by atoms with van der Waals surface area (Å²) in [5.41, 5.74) is 1.13. The van der Waals surface area contributed by atoms with Crippen molar-refractivity contribution in [2.45, 2.75) is 25.8 Å². The van der Waals surface area contributed by atoms with Crippen LogP contribution in [0.3, 0.4) is 0 Å². The quantitative estimate of drug-likeness (QED) is 0.780. The number of carbonyl (C=O) groups is 1. The Morgan fingerprint density at radius 3 is 3.00 bits per heavy atom. The number of piperidine rings is 1. The van der Waals surface area contributed by atoms with Crippen molar-refractivity contribution < 1.29 is 9.53 Å². The Bertz CT molecular complexity index is 376. The average molecular weight is 219 g/mol. The Morgan fingerprint density at radius 1 is 1.38 bits per heavy atom. The normalized spacial score (nSPS) is 16.3. The van der Waals surface area contributed by atoms with E-state index in [1.54, 1.807) is 7.11 Å². The summed E-state index contributed by atoms with van der Waals surface area (Å²) in [7, 11) is 1.66. The van der Waals surface area contributed by atoms with Gasteiger partial charge in [0.25, 0.3) is 0 Å². The lowest BCUT2D eigenvalue weighted by Gasteiger charge is -2.26. The van der Waals surface area contributed by atoms with Gasteiger partial charge in [0.1, 0.15) is 5.75 Å². The van der Waals surface area contributed by atoms with Gasteiger partial charge in [-0.2, -0.15) is 0 Å². The number of hydrogen-bond acceptors (Lipinski definition) is 2. The highest BCUT2D eigenvalue weighted by Gasteiger charge is 2.17. The van der Waals surface area contributed by atoms with Crippen LogP contribution in [-0.2, 0) is 11.3 Å². The number of ether oxygens (including phenoxy) is 1. The van der Waals surface area contributed by atoms with Crippen molar-refractivity contribution in [1.29, 1.82) is 0 Å². The van der Waals surface area contributed by atoms with Crippen molar-refractivity contribution in [1.82, 2.24) is 4.90 Å². The van der Waals surface area contributed by atoms with E-state index < -0.39 is 0 Å². The SMILES string of the molecule is COc1cccc(CN2CCCCC2=O)c1. The molecule has 1 aliphatic heterocycles. The van der Waals surface area contributed by atoms with Crippen LogP contribution in [-0.4, -0.2) is 24.5 Å². The Labute approximate surface area is 96.0 Å². The van der Waals surface area contributed by atoms with Gasteiger partial charge in [0.05, 0.1) is 7.11 Å². The summed E-state index contributed by atoms with van der Waals surface area (Å²) in [5.74, 6) is 1.12. The molecule has 86 valence electrons. The molecule has 0 atom stereocenters. The molecule has 1 heterocycles. The second-order valence-electron chi connectivity index (χ2n) is 4.12. The van der Waals surface area contributed by atoms with Crippen LogP contribution >= 0.6 is 0 Å². The first-order valence-corrected chi connectivity index (χ1v) is 5.70. The molecular formula is C13H17NO2. The molecule has 0 radical (unpaired) electrons. The molecule has 0 spiro atoms. The van der Waals surface area contributed by atoms with Crippen LogP contribution < -0.4 is 4.74 Å². The zero-order valence-corrected chi connectivity index (χ0v) is 9.61. The number of methoxy groups -OCH3 is 1. The van der Waals surface area contributed by atoms with Gasteiger partial charge in [-0.25, -0.2) is 0 Å². The van der Waals surface area contributed by atoms with E-state index in [0.29, 0.717) is 13.0 Å². The van der Waals surface area contributed by atoms with Crippen LogP contribution in [0.5, 0.6) is 5.75 Å². The lowest BCUT2D eigenvalue weighted by Crippen LogP contribution is -2.34. The predicted molar refractivity (Wildman–Crippen MR) is 62.3 cm³/mol. The summed E-state index contributed by atoms with van der Waals surface area (Å²) >= 11 is 0. The number of hydrogen-bond donors (Lipinski definition) is 0. The van der Waals surface area contributed by atoms with Crippen LogP contribution in [0.4, 0.5) is 0 Å². The predicted octanol–water partition coefficient (Wildman–Crippen LogP) is 2.21. The fourth-order valence-corrected chi connectivity index (χ4v) is 2.02. The molecule has 0 unspecified atom stereocenters. The molecule has 0 aliphatic carbocycles.